The van der Waals surface area contributed by atoms with Gasteiger partial charge in [0, 0.05) is 17.3 Å². The summed E-state index contributed by atoms with van der Waals surface area (Å²) < 4.78 is 1.85. The van der Waals surface area contributed by atoms with Gasteiger partial charge < -0.3 is 10.6 Å². The number of aryl methyl sites for hydroxylation is 1. The summed E-state index contributed by atoms with van der Waals surface area (Å²) in [6.07, 6.45) is 2.18. The third kappa shape index (κ3) is 4.67. The fourth-order valence-corrected chi connectivity index (χ4v) is 4.58. The SMILES string of the molecule is Cc1cccc(C(=O)Nc2ccc3nc(SCC(=O)NC4CC4)sc3c2)c1. The lowest BCUT2D eigenvalue weighted by molar-refractivity contribution is -0.118. The summed E-state index contributed by atoms with van der Waals surface area (Å²) in [5.74, 6) is 0.314. The highest BCUT2D eigenvalue weighted by molar-refractivity contribution is 8.01. The number of amides is 2. The molecule has 2 aromatic carbocycles. The number of thiazole rings is 1. The molecule has 5 nitrogen and oxygen atoms in total. The van der Waals surface area contributed by atoms with Gasteiger partial charge in [-0.2, -0.15) is 0 Å². The Kier molecular flexibility index (Phi) is 5.13. The maximum atomic E-state index is 12.4. The van der Waals surface area contributed by atoms with Crippen LogP contribution in [-0.4, -0.2) is 28.6 Å². The molecule has 2 N–H and O–H groups in total. The number of nitrogens with zero attached hydrogens (tertiary/aromatic N) is 1. The van der Waals surface area contributed by atoms with Crippen molar-refractivity contribution in [2.24, 2.45) is 0 Å². The molecule has 0 aliphatic heterocycles. The summed E-state index contributed by atoms with van der Waals surface area (Å²) in [5, 5.41) is 5.91. The molecule has 0 spiro atoms. The lowest BCUT2D eigenvalue weighted by atomic mass is 10.1. The minimum Gasteiger partial charge on any atom is -0.353 e. The fourth-order valence-electron chi connectivity index (χ4n) is 2.66. The van der Waals surface area contributed by atoms with E-state index in [9.17, 15) is 9.59 Å². The van der Waals surface area contributed by atoms with Crippen LogP contribution in [0.1, 0.15) is 28.8 Å². The molecule has 1 aliphatic rings. The predicted octanol–water partition coefficient (Wildman–Crippen LogP) is 4.23. The van der Waals surface area contributed by atoms with Gasteiger partial charge in [-0.15, -0.1) is 11.3 Å². The molecule has 0 saturated heterocycles. The third-order valence-corrected chi connectivity index (χ3v) is 6.34. The summed E-state index contributed by atoms with van der Waals surface area (Å²) in [7, 11) is 0. The van der Waals surface area contributed by atoms with Crippen LogP contribution >= 0.6 is 23.1 Å². The number of hydrogen-bond acceptors (Lipinski definition) is 5. The van der Waals surface area contributed by atoms with Crippen molar-refractivity contribution in [3.8, 4) is 0 Å². The first kappa shape index (κ1) is 18.0. The molecule has 1 fully saturated rings. The van der Waals surface area contributed by atoms with Gasteiger partial charge in [0.15, 0.2) is 4.34 Å². The highest BCUT2D eigenvalue weighted by atomic mass is 32.2. The van der Waals surface area contributed by atoms with Crippen molar-refractivity contribution in [2.75, 3.05) is 11.1 Å². The van der Waals surface area contributed by atoms with Gasteiger partial charge in [0.05, 0.1) is 16.0 Å². The second-order valence-corrected chi connectivity index (χ2v) is 8.87. The van der Waals surface area contributed by atoms with E-state index < -0.39 is 0 Å². The van der Waals surface area contributed by atoms with Crippen LogP contribution in [0.4, 0.5) is 5.69 Å². The van der Waals surface area contributed by atoms with Crippen LogP contribution in [0.25, 0.3) is 10.2 Å². The Balaban J connectivity index is 1.42. The lowest BCUT2D eigenvalue weighted by Gasteiger charge is -2.05. The summed E-state index contributed by atoms with van der Waals surface area (Å²) in [6.45, 7) is 1.96. The molecule has 1 aliphatic carbocycles. The number of carbonyl (C=O) groups is 2. The molecule has 0 radical (unpaired) electrons. The van der Waals surface area contributed by atoms with Crippen molar-refractivity contribution in [2.45, 2.75) is 30.1 Å². The third-order valence-electron chi connectivity index (χ3n) is 4.18. The van der Waals surface area contributed by atoms with Gasteiger partial charge >= 0.3 is 0 Å². The van der Waals surface area contributed by atoms with Crippen molar-refractivity contribution >= 4 is 50.8 Å². The summed E-state index contributed by atoms with van der Waals surface area (Å²) in [6, 6.07) is 13.6. The Morgan fingerprint density at radius 1 is 1.22 bits per heavy atom. The van der Waals surface area contributed by atoms with E-state index in [0.717, 1.165) is 38.6 Å². The molecule has 1 heterocycles. The molecule has 7 heteroatoms. The highest BCUT2D eigenvalue weighted by Gasteiger charge is 2.23. The van der Waals surface area contributed by atoms with Gasteiger partial charge in [-0.25, -0.2) is 4.98 Å². The van der Waals surface area contributed by atoms with Crippen LogP contribution in [0.2, 0.25) is 0 Å². The van der Waals surface area contributed by atoms with Crippen molar-refractivity contribution in [3.05, 3.63) is 53.6 Å². The maximum Gasteiger partial charge on any atom is 0.255 e. The van der Waals surface area contributed by atoms with Crippen molar-refractivity contribution in [3.63, 3.8) is 0 Å². The number of thioether (sulfide) groups is 1. The number of anilines is 1. The number of nitrogens with one attached hydrogen (secondary N) is 2. The molecule has 0 bridgehead atoms. The topological polar surface area (TPSA) is 71.1 Å². The Bertz CT molecular complexity index is 1010. The normalized spacial score (nSPS) is 13.5. The van der Waals surface area contributed by atoms with Gasteiger partial charge in [0.1, 0.15) is 0 Å². The summed E-state index contributed by atoms with van der Waals surface area (Å²) in [5.41, 5.74) is 3.30. The molecular formula is C20H19N3O2S2. The quantitative estimate of drug-likeness (QED) is 0.611. The number of benzene rings is 2. The first-order chi connectivity index (χ1) is 13.1. The van der Waals surface area contributed by atoms with Crippen LogP contribution in [0.5, 0.6) is 0 Å². The zero-order valence-electron chi connectivity index (χ0n) is 14.8. The minimum absolute atomic E-state index is 0.0628. The zero-order chi connectivity index (χ0) is 18.8. The summed E-state index contributed by atoms with van der Waals surface area (Å²) >= 11 is 2.98. The van der Waals surface area contributed by atoms with Gasteiger partial charge in [0.25, 0.3) is 5.91 Å². The molecule has 1 saturated carbocycles. The van der Waals surface area contributed by atoms with Crippen LogP contribution in [-0.2, 0) is 4.79 Å². The molecule has 138 valence electrons. The van der Waals surface area contributed by atoms with E-state index in [1.54, 1.807) is 6.07 Å². The monoisotopic (exact) mass is 397 g/mol. The van der Waals surface area contributed by atoms with E-state index in [-0.39, 0.29) is 11.8 Å². The van der Waals surface area contributed by atoms with Crippen molar-refractivity contribution in [1.29, 1.82) is 0 Å². The smallest absolute Gasteiger partial charge is 0.255 e. The molecule has 0 atom stereocenters. The Morgan fingerprint density at radius 3 is 2.85 bits per heavy atom. The Hall–Kier alpha value is -2.38. The largest absolute Gasteiger partial charge is 0.353 e. The number of rotatable bonds is 6. The first-order valence-electron chi connectivity index (χ1n) is 8.77. The van der Waals surface area contributed by atoms with E-state index in [1.165, 1.54) is 23.1 Å². The highest BCUT2D eigenvalue weighted by Crippen LogP contribution is 2.31. The molecule has 3 aromatic rings. The second-order valence-electron chi connectivity index (χ2n) is 6.62. The van der Waals surface area contributed by atoms with Gasteiger partial charge in [-0.05, 0) is 50.1 Å². The fraction of sp³-hybridized carbons (Fsp3) is 0.250. The van der Waals surface area contributed by atoms with Crippen LogP contribution in [0.15, 0.2) is 46.8 Å². The predicted molar refractivity (Wildman–Crippen MR) is 111 cm³/mol. The first-order valence-corrected chi connectivity index (χ1v) is 10.6. The average Bonchev–Trinajstić information content (AvgIpc) is 3.36. The average molecular weight is 398 g/mol. The van der Waals surface area contributed by atoms with Crippen LogP contribution in [0.3, 0.4) is 0 Å². The number of hydrogen-bond donors (Lipinski definition) is 2. The molecule has 4 rings (SSSR count). The lowest BCUT2D eigenvalue weighted by Crippen LogP contribution is -2.26. The molecule has 1 aromatic heterocycles. The molecule has 27 heavy (non-hydrogen) atoms. The standard InChI is InChI=1S/C20H19N3O2S2/c1-12-3-2-4-13(9-12)19(25)22-15-7-8-16-17(10-15)27-20(23-16)26-11-18(24)21-14-5-6-14/h2-4,7-10,14H,5-6,11H2,1H3,(H,21,24)(H,22,25). The van der Waals surface area contributed by atoms with E-state index in [4.69, 9.17) is 0 Å². The van der Waals surface area contributed by atoms with E-state index >= 15 is 0 Å². The second kappa shape index (κ2) is 7.70. The van der Waals surface area contributed by atoms with Crippen molar-refractivity contribution < 1.29 is 9.59 Å². The maximum absolute atomic E-state index is 12.4. The minimum atomic E-state index is -0.131. The van der Waals surface area contributed by atoms with E-state index in [2.05, 4.69) is 15.6 Å². The number of aromatic nitrogens is 1. The Labute approximate surface area is 165 Å². The number of carbonyl (C=O) groups excluding carboxylic acids is 2. The van der Waals surface area contributed by atoms with Crippen molar-refractivity contribution in [1.82, 2.24) is 10.3 Å². The summed E-state index contributed by atoms with van der Waals surface area (Å²) in [4.78, 5) is 28.8. The van der Waals surface area contributed by atoms with Gasteiger partial charge in [-0.1, -0.05) is 29.5 Å². The molecular weight excluding hydrogens is 378 g/mol. The van der Waals surface area contributed by atoms with E-state index in [0.29, 0.717) is 17.4 Å². The number of fused-ring (bicyclic) bond motifs is 1. The van der Waals surface area contributed by atoms with Gasteiger partial charge in [-0.3, -0.25) is 9.59 Å². The van der Waals surface area contributed by atoms with Crippen LogP contribution in [0, 0.1) is 6.92 Å². The molecule has 0 unspecified atom stereocenters. The zero-order valence-corrected chi connectivity index (χ0v) is 16.5. The van der Waals surface area contributed by atoms with E-state index in [1.807, 2.05) is 43.3 Å². The molecule has 2 amide bonds. The van der Waals surface area contributed by atoms with Crippen LogP contribution < -0.4 is 10.6 Å². The van der Waals surface area contributed by atoms with Gasteiger partial charge in [0.2, 0.25) is 5.91 Å². The Morgan fingerprint density at radius 2 is 2.07 bits per heavy atom.